The van der Waals surface area contributed by atoms with Crippen LogP contribution in [0.25, 0.3) is 0 Å². The van der Waals surface area contributed by atoms with Crippen LogP contribution >= 0.6 is 11.6 Å². The molecule has 134 valence electrons. The van der Waals surface area contributed by atoms with Crippen LogP contribution in [0, 0.1) is 5.82 Å². The number of nitrogens with zero attached hydrogens (tertiary/aromatic N) is 4. The first-order valence-corrected chi connectivity index (χ1v) is 8.90. The van der Waals surface area contributed by atoms with Gasteiger partial charge < -0.3 is 9.47 Å². The van der Waals surface area contributed by atoms with Crippen molar-refractivity contribution in [3.05, 3.63) is 53.3 Å². The molecular formula is C18H22ClFN4O. The molecule has 1 aliphatic heterocycles. The highest BCUT2D eigenvalue weighted by Crippen LogP contribution is 2.21. The van der Waals surface area contributed by atoms with Crippen molar-refractivity contribution < 1.29 is 9.18 Å². The summed E-state index contributed by atoms with van der Waals surface area (Å²) in [4.78, 5) is 20.3. The summed E-state index contributed by atoms with van der Waals surface area (Å²) < 4.78 is 15.9. The Morgan fingerprint density at radius 2 is 2.04 bits per heavy atom. The molecule has 0 aliphatic carbocycles. The molecule has 0 spiro atoms. The SMILES string of the molecule is O=C(CCCn1ccnc1)N1CCN(Cc2c(F)cccc2Cl)CC1. The van der Waals surface area contributed by atoms with Gasteiger partial charge in [0.2, 0.25) is 5.91 Å². The van der Waals surface area contributed by atoms with Crippen LogP contribution in [-0.2, 0) is 17.9 Å². The number of aromatic nitrogens is 2. The van der Waals surface area contributed by atoms with Crippen LogP contribution in [0.4, 0.5) is 4.39 Å². The van der Waals surface area contributed by atoms with Crippen LogP contribution in [0.3, 0.4) is 0 Å². The molecule has 25 heavy (non-hydrogen) atoms. The lowest BCUT2D eigenvalue weighted by Crippen LogP contribution is -2.48. The van der Waals surface area contributed by atoms with Crippen molar-refractivity contribution in [3.63, 3.8) is 0 Å². The number of amides is 1. The third-order valence-electron chi connectivity index (χ3n) is 4.53. The van der Waals surface area contributed by atoms with E-state index in [1.54, 1.807) is 24.7 Å². The number of halogens is 2. The Hall–Kier alpha value is -1.92. The molecule has 0 atom stereocenters. The fourth-order valence-electron chi connectivity index (χ4n) is 3.05. The summed E-state index contributed by atoms with van der Waals surface area (Å²) in [6.45, 7) is 4.10. The number of imidazole rings is 1. The maximum Gasteiger partial charge on any atom is 0.222 e. The Balaban J connectivity index is 1.43. The van der Waals surface area contributed by atoms with E-state index < -0.39 is 0 Å². The molecular weight excluding hydrogens is 343 g/mol. The molecule has 1 aromatic carbocycles. The summed E-state index contributed by atoms with van der Waals surface area (Å²) >= 11 is 6.09. The number of hydrogen-bond donors (Lipinski definition) is 0. The molecule has 0 bridgehead atoms. The fraction of sp³-hybridized carbons (Fsp3) is 0.444. The predicted octanol–water partition coefficient (Wildman–Crippen LogP) is 2.80. The molecule has 2 aromatic rings. The van der Waals surface area contributed by atoms with Gasteiger partial charge in [0.05, 0.1) is 6.33 Å². The van der Waals surface area contributed by atoms with Crippen molar-refractivity contribution in [2.45, 2.75) is 25.9 Å². The minimum absolute atomic E-state index is 0.184. The van der Waals surface area contributed by atoms with Gasteiger partial charge in [0.25, 0.3) is 0 Å². The monoisotopic (exact) mass is 364 g/mol. The molecule has 7 heteroatoms. The first-order valence-electron chi connectivity index (χ1n) is 8.52. The summed E-state index contributed by atoms with van der Waals surface area (Å²) in [5.74, 6) is -0.0887. The number of benzene rings is 1. The number of carbonyl (C=O) groups is 1. The molecule has 1 aromatic heterocycles. The maximum absolute atomic E-state index is 13.9. The van der Waals surface area contributed by atoms with Crippen molar-refractivity contribution in [1.29, 1.82) is 0 Å². The van der Waals surface area contributed by atoms with Crippen LogP contribution in [0.1, 0.15) is 18.4 Å². The molecule has 0 saturated carbocycles. The van der Waals surface area contributed by atoms with Gasteiger partial charge in [-0.1, -0.05) is 17.7 Å². The lowest BCUT2D eigenvalue weighted by Gasteiger charge is -2.35. The van der Waals surface area contributed by atoms with Gasteiger partial charge in [-0.3, -0.25) is 9.69 Å². The van der Waals surface area contributed by atoms with Crippen LogP contribution in [0.2, 0.25) is 5.02 Å². The molecule has 0 unspecified atom stereocenters. The third-order valence-corrected chi connectivity index (χ3v) is 4.89. The van der Waals surface area contributed by atoms with Gasteiger partial charge in [0.15, 0.2) is 0 Å². The van der Waals surface area contributed by atoms with Crippen LogP contribution in [-0.4, -0.2) is 51.4 Å². The summed E-state index contributed by atoms with van der Waals surface area (Å²) in [6, 6.07) is 4.75. The summed E-state index contributed by atoms with van der Waals surface area (Å²) in [5.41, 5.74) is 0.532. The van der Waals surface area contributed by atoms with E-state index >= 15 is 0 Å². The van der Waals surface area contributed by atoms with Gasteiger partial charge in [0, 0.05) is 68.7 Å². The van der Waals surface area contributed by atoms with Crippen molar-refractivity contribution in [2.24, 2.45) is 0 Å². The zero-order valence-corrected chi connectivity index (χ0v) is 14.8. The van der Waals surface area contributed by atoms with Gasteiger partial charge in [-0.25, -0.2) is 9.37 Å². The topological polar surface area (TPSA) is 41.4 Å². The Morgan fingerprint density at radius 1 is 1.24 bits per heavy atom. The average molecular weight is 365 g/mol. The number of hydrogen-bond acceptors (Lipinski definition) is 3. The van der Waals surface area contributed by atoms with Gasteiger partial charge in [-0.2, -0.15) is 0 Å². The van der Waals surface area contributed by atoms with Crippen molar-refractivity contribution in [3.8, 4) is 0 Å². The van der Waals surface area contributed by atoms with E-state index in [-0.39, 0.29) is 11.7 Å². The van der Waals surface area contributed by atoms with Crippen molar-refractivity contribution in [2.75, 3.05) is 26.2 Å². The van der Waals surface area contributed by atoms with E-state index in [0.717, 1.165) is 26.1 Å². The van der Waals surface area contributed by atoms with Gasteiger partial charge in [-0.15, -0.1) is 0 Å². The Bertz CT molecular complexity index is 679. The first kappa shape index (κ1) is 17.9. The Labute approximate surface area is 152 Å². The van der Waals surface area contributed by atoms with E-state index in [1.165, 1.54) is 6.07 Å². The predicted molar refractivity (Wildman–Crippen MR) is 94.7 cm³/mol. The van der Waals surface area contributed by atoms with Crippen molar-refractivity contribution >= 4 is 17.5 Å². The second kappa shape index (κ2) is 8.45. The van der Waals surface area contributed by atoms with E-state index in [2.05, 4.69) is 9.88 Å². The maximum atomic E-state index is 13.9. The molecule has 3 rings (SSSR count). The molecule has 1 amide bonds. The molecule has 1 saturated heterocycles. The summed E-state index contributed by atoms with van der Waals surface area (Å²) in [7, 11) is 0. The van der Waals surface area contributed by atoms with Crippen LogP contribution in [0.15, 0.2) is 36.9 Å². The first-order chi connectivity index (χ1) is 12.1. The quantitative estimate of drug-likeness (QED) is 0.791. The summed E-state index contributed by atoms with van der Waals surface area (Å²) in [5, 5.41) is 0.456. The van der Waals surface area contributed by atoms with Crippen LogP contribution in [0.5, 0.6) is 0 Å². The van der Waals surface area contributed by atoms with Gasteiger partial charge in [-0.05, 0) is 18.6 Å². The Morgan fingerprint density at radius 3 is 2.72 bits per heavy atom. The smallest absolute Gasteiger partial charge is 0.222 e. The minimum Gasteiger partial charge on any atom is -0.340 e. The van der Waals surface area contributed by atoms with E-state index in [0.29, 0.717) is 36.6 Å². The second-order valence-electron chi connectivity index (χ2n) is 6.26. The molecule has 0 N–H and O–H groups in total. The molecule has 2 heterocycles. The zero-order chi connectivity index (χ0) is 17.6. The summed E-state index contributed by atoms with van der Waals surface area (Å²) in [6.07, 6.45) is 6.74. The lowest BCUT2D eigenvalue weighted by molar-refractivity contribution is -0.133. The number of piperazine rings is 1. The lowest BCUT2D eigenvalue weighted by atomic mass is 10.1. The number of carbonyl (C=O) groups excluding carboxylic acids is 1. The highest BCUT2D eigenvalue weighted by atomic mass is 35.5. The standard InChI is InChI=1S/C18H22ClFN4O/c19-16-3-1-4-17(20)15(16)13-22-9-11-24(12-10-22)18(25)5-2-7-23-8-6-21-14-23/h1,3-4,6,8,14H,2,5,7,9-13H2. The number of aryl methyl sites for hydroxylation is 1. The fourth-order valence-corrected chi connectivity index (χ4v) is 3.28. The molecule has 1 fully saturated rings. The second-order valence-corrected chi connectivity index (χ2v) is 6.67. The highest BCUT2D eigenvalue weighted by Gasteiger charge is 2.22. The van der Waals surface area contributed by atoms with E-state index in [9.17, 15) is 9.18 Å². The molecule has 1 aliphatic rings. The highest BCUT2D eigenvalue weighted by molar-refractivity contribution is 6.31. The van der Waals surface area contributed by atoms with E-state index in [1.807, 2.05) is 15.7 Å². The number of rotatable bonds is 6. The van der Waals surface area contributed by atoms with Crippen LogP contribution < -0.4 is 0 Å². The largest absolute Gasteiger partial charge is 0.340 e. The van der Waals surface area contributed by atoms with E-state index in [4.69, 9.17) is 11.6 Å². The van der Waals surface area contributed by atoms with Gasteiger partial charge >= 0.3 is 0 Å². The van der Waals surface area contributed by atoms with Gasteiger partial charge in [0.1, 0.15) is 5.82 Å². The normalized spacial score (nSPS) is 15.5. The average Bonchev–Trinajstić information content (AvgIpc) is 3.12. The minimum atomic E-state index is -0.273. The zero-order valence-electron chi connectivity index (χ0n) is 14.1. The molecule has 5 nitrogen and oxygen atoms in total. The third kappa shape index (κ3) is 4.80. The molecule has 0 radical (unpaired) electrons. The Kier molecular flexibility index (Phi) is 6.04. The van der Waals surface area contributed by atoms with Crippen molar-refractivity contribution in [1.82, 2.24) is 19.4 Å².